The molecular weight excluding hydrogens is 341 g/mol. The van der Waals surface area contributed by atoms with Gasteiger partial charge in [-0.05, 0) is 58.9 Å². The van der Waals surface area contributed by atoms with Crippen LogP contribution in [0.2, 0.25) is 58.9 Å². The van der Waals surface area contributed by atoms with Crippen molar-refractivity contribution in [2.24, 2.45) is 0 Å². The van der Waals surface area contributed by atoms with Gasteiger partial charge < -0.3 is 13.3 Å². The van der Waals surface area contributed by atoms with Crippen molar-refractivity contribution in [1.29, 1.82) is 0 Å². The summed E-state index contributed by atoms with van der Waals surface area (Å²) in [6.07, 6.45) is 5.63. The number of rotatable bonds is 9. The average molecular weight is 375 g/mol. The molecule has 0 saturated carbocycles. The molecule has 22 heavy (non-hydrogen) atoms. The van der Waals surface area contributed by atoms with E-state index in [-0.39, 0.29) is 0 Å². The summed E-state index contributed by atoms with van der Waals surface area (Å²) in [6.45, 7) is 19.6. The predicted molar refractivity (Wildman–Crippen MR) is 108 cm³/mol. The molecule has 0 rings (SSSR count). The minimum Gasteiger partial charge on any atom is -0.550 e. The van der Waals surface area contributed by atoms with Gasteiger partial charge in [0.15, 0.2) is 0 Å². The molecule has 0 fully saturated rings. The van der Waals surface area contributed by atoms with Crippen LogP contribution in [0.5, 0.6) is 0 Å². The fraction of sp³-hybridized carbons (Fsp3) is 0.600. The van der Waals surface area contributed by atoms with E-state index >= 15 is 0 Å². The van der Waals surface area contributed by atoms with Gasteiger partial charge in [-0.25, -0.2) is 0 Å². The Labute approximate surface area is 142 Å². The first kappa shape index (κ1) is 21.5. The van der Waals surface area contributed by atoms with Gasteiger partial charge in [0.25, 0.3) is 0 Å². The highest BCUT2D eigenvalue weighted by atomic mass is 28.4. The summed E-state index contributed by atoms with van der Waals surface area (Å²) in [7, 11) is -5.88. The van der Waals surface area contributed by atoms with Gasteiger partial charge in [0.05, 0.1) is 18.8 Å². The van der Waals surface area contributed by atoms with Crippen molar-refractivity contribution < 1.29 is 13.3 Å². The van der Waals surface area contributed by atoms with Crippen molar-refractivity contribution in [3.63, 3.8) is 0 Å². The molecule has 0 aromatic heterocycles. The number of hydrogen-bond donors (Lipinski definition) is 0. The molecule has 0 atom stereocenters. The van der Waals surface area contributed by atoms with Crippen LogP contribution in [0, 0.1) is 0 Å². The second-order valence-corrected chi connectivity index (χ2v) is 23.9. The van der Waals surface area contributed by atoms with E-state index in [2.05, 4.69) is 76.0 Å². The van der Waals surface area contributed by atoms with Gasteiger partial charge in [-0.2, -0.15) is 0 Å². The molecule has 128 valence electrons. The Bertz CT molecular complexity index is 337. The Balaban J connectivity index is 4.76. The molecule has 0 aromatic carbocycles. The van der Waals surface area contributed by atoms with Gasteiger partial charge in [0, 0.05) is 0 Å². The quantitative estimate of drug-likeness (QED) is 0.423. The van der Waals surface area contributed by atoms with E-state index in [0.717, 1.165) is 0 Å². The lowest BCUT2D eigenvalue weighted by molar-refractivity contribution is 0.479. The highest BCUT2D eigenvalue weighted by Gasteiger charge is 2.15. The Hall–Kier alpha value is -0.512. The lowest BCUT2D eigenvalue weighted by Crippen LogP contribution is -2.23. The van der Waals surface area contributed by atoms with E-state index in [1.807, 2.05) is 18.8 Å². The second kappa shape index (κ2) is 8.95. The fourth-order valence-corrected chi connectivity index (χ4v) is 4.29. The summed E-state index contributed by atoms with van der Waals surface area (Å²) in [5.74, 6) is 0. The van der Waals surface area contributed by atoms with Crippen molar-refractivity contribution in [3.05, 3.63) is 35.9 Å². The SMILES string of the molecule is C[Si](C)(C)OC=C[SiH](C=CO[Si](C)(C)C)C=CO[Si](C)(C)C. The zero-order valence-electron chi connectivity index (χ0n) is 15.8. The standard InChI is InChI=1S/C15H34O3Si4/c1-20(2,3)16-10-13-19(14-11-17-21(4,5)6)15-12-18-22(7,8)9/h10-15,19H,1-9H3. The van der Waals surface area contributed by atoms with Crippen LogP contribution in [-0.4, -0.2) is 33.7 Å². The maximum Gasteiger partial charge on any atom is 0.241 e. The third kappa shape index (κ3) is 15.9. The average Bonchev–Trinajstić information content (AvgIpc) is 2.23. The summed E-state index contributed by atoms with van der Waals surface area (Å²) in [4.78, 5) is 0. The maximum atomic E-state index is 5.82. The normalized spacial score (nSPS) is 15.7. The second-order valence-electron chi connectivity index (χ2n) is 8.25. The van der Waals surface area contributed by atoms with Crippen LogP contribution in [0.1, 0.15) is 0 Å². The minimum absolute atomic E-state index is 1.35. The predicted octanol–water partition coefficient (Wildman–Crippen LogP) is 4.93. The van der Waals surface area contributed by atoms with Crippen LogP contribution in [0.3, 0.4) is 0 Å². The smallest absolute Gasteiger partial charge is 0.241 e. The molecule has 0 unspecified atom stereocenters. The first-order valence-corrected chi connectivity index (χ1v) is 20.0. The third-order valence-corrected chi connectivity index (χ3v) is 6.50. The first-order chi connectivity index (χ1) is 9.79. The van der Waals surface area contributed by atoms with Crippen molar-refractivity contribution in [1.82, 2.24) is 0 Å². The molecule has 0 amide bonds. The highest BCUT2D eigenvalue weighted by Crippen LogP contribution is 2.07. The van der Waals surface area contributed by atoms with Crippen LogP contribution in [0.15, 0.2) is 35.9 Å². The molecule has 0 saturated heterocycles. The molecular formula is C15H34O3Si4. The summed E-state index contributed by atoms with van der Waals surface area (Å²) in [5.41, 5.74) is 6.52. The van der Waals surface area contributed by atoms with Gasteiger partial charge in [-0.3, -0.25) is 0 Å². The van der Waals surface area contributed by atoms with Crippen LogP contribution in [0.25, 0.3) is 0 Å². The summed E-state index contributed by atoms with van der Waals surface area (Å²) >= 11 is 0. The highest BCUT2D eigenvalue weighted by molar-refractivity contribution is 6.75. The Morgan fingerprint density at radius 2 is 0.727 bits per heavy atom. The monoisotopic (exact) mass is 374 g/mol. The zero-order valence-corrected chi connectivity index (χ0v) is 19.9. The van der Waals surface area contributed by atoms with E-state index in [9.17, 15) is 0 Å². The molecule has 0 aliphatic rings. The van der Waals surface area contributed by atoms with Crippen molar-refractivity contribution in [2.75, 3.05) is 0 Å². The maximum absolute atomic E-state index is 5.82. The van der Waals surface area contributed by atoms with Gasteiger partial charge in [0.1, 0.15) is 8.80 Å². The van der Waals surface area contributed by atoms with E-state index in [1.165, 1.54) is 0 Å². The topological polar surface area (TPSA) is 27.7 Å². The Kier molecular flexibility index (Phi) is 8.74. The summed E-state index contributed by atoms with van der Waals surface area (Å²) < 4.78 is 17.4. The van der Waals surface area contributed by atoms with Gasteiger partial charge in [-0.1, -0.05) is 17.1 Å². The molecule has 3 nitrogen and oxygen atoms in total. The summed E-state index contributed by atoms with van der Waals surface area (Å²) in [5, 5.41) is 0. The lowest BCUT2D eigenvalue weighted by Gasteiger charge is -2.17. The van der Waals surface area contributed by atoms with Crippen LogP contribution < -0.4 is 0 Å². The van der Waals surface area contributed by atoms with Gasteiger partial charge >= 0.3 is 0 Å². The third-order valence-electron chi connectivity index (χ3n) is 2.17. The Morgan fingerprint density at radius 3 is 0.909 bits per heavy atom. The lowest BCUT2D eigenvalue weighted by atomic mass is 11.1. The van der Waals surface area contributed by atoms with E-state index in [0.29, 0.717) is 0 Å². The Morgan fingerprint density at radius 1 is 0.500 bits per heavy atom. The van der Waals surface area contributed by atoms with Crippen LogP contribution >= 0.6 is 0 Å². The molecule has 0 bridgehead atoms. The molecule has 0 aliphatic carbocycles. The van der Waals surface area contributed by atoms with E-state index < -0.39 is 33.7 Å². The zero-order chi connectivity index (χ0) is 17.4. The number of hydrogen-bond acceptors (Lipinski definition) is 3. The van der Waals surface area contributed by atoms with Gasteiger partial charge in [0.2, 0.25) is 25.0 Å². The molecule has 0 aliphatic heterocycles. The van der Waals surface area contributed by atoms with Gasteiger partial charge in [-0.15, -0.1) is 0 Å². The molecule has 0 spiro atoms. The van der Waals surface area contributed by atoms with E-state index in [1.54, 1.807) is 0 Å². The molecule has 0 radical (unpaired) electrons. The van der Waals surface area contributed by atoms with Crippen LogP contribution in [0.4, 0.5) is 0 Å². The first-order valence-electron chi connectivity index (χ1n) is 7.82. The van der Waals surface area contributed by atoms with Crippen molar-refractivity contribution in [2.45, 2.75) is 58.9 Å². The molecule has 7 heteroatoms. The van der Waals surface area contributed by atoms with Crippen molar-refractivity contribution >= 4 is 33.7 Å². The van der Waals surface area contributed by atoms with Crippen LogP contribution in [-0.2, 0) is 13.3 Å². The molecule has 0 aromatic rings. The molecule has 0 heterocycles. The largest absolute Gasteiger partial charge is 0.550 e. The van der Waals surface area contributed by atoms with E-state index in [4.69, 9.17) is 13.3 Å². The fourth-order valence-electron chi connectivity index (χ4n) is 1.19. The minimum atomic E-state index is -1.51. The van der Waals surface area contributed by atoms with Crippen molar-refractivity contribution in [3.8, 4) is 0 Å². The molecule has 0 N–H and O–H groups in total. The summed E-state index contributed by atoms with van der Waals surface area (Å²) in [6, 6.07) is 0.